The molecule has 0 aliphatic heterocycles. The first-order chi connectivity index (χ1) is 9.52. The van der Waals surface area contributed by atoms with E-state index in [1.165, 1.54) is 25.1 Å². The van der Waals surface area contributed by atoms with E-state index in [9.17, 15) is 19.7 Å². The van der Waals surface area contributed by atoms with Gasteiger partial charge in [0.05, 0.1) is 4.92 Å². The van der Waals surface area contributed by atoms with Crippen LogP contribution < -0.4 is 0 Å². The van der Waals surface area contributed by atoms with Crippen molar-refractivity contribution < 1.29 is 14.5 Å². The summed E-state index contributed by atoms with van der Waals surface area (Å²) in [5, 5.41) is 11.0. The van der Waals surface area contributed by atoms with E-state index in [1.54, 1.807) is 30.3 Å². The summed E-state index contributed by atoms with van der Waals surface area (Å²) in [7, 11) is 0. The lowest BCUT2D eigenvalue weighted by Crippen LogP contribution is -2.10. The standard InChI is InChI=1S/C15H11NO4/c1-10(17)14-12(8-5-9-13(14)16(19)20)15(18)11-6-3-2-4-7-11/h2-9H,1H3. The summed E-state index contributed by atoms with van der Waals surface area (Å²) in [6.45, 7) is 1.21. The predicted molar refractivity (Wildman–Crippen MR) is 73.0 cm³/mol. The van der Waals surface area contributed by atoms with E-state index in [1.807, 2.05) is 0 Å². The second kappa shape index (κ2) is 5.44. The van der Waals surface area contributed by atoms with Crippen molar-refractivity contribution >= 4 is 17.3 Å². The molecule has 0 bridgehead atoms. The molecular formula is C15H11NO4. The Balaban J connectivity index is 2.63. The summed E-state index contributed by atoms with van der Waals surface area (Å²) in [6, 6.07) is 12.4. The van der Waals surface area contributed by atoms with Gasteiger partial charge in [-0.15, -0.1) is 0 Å². The summed E-state index contributed by atoms with van der Waals surface area (Å²) < 4.78 is 0. The third-order valence-corrected chi connectivity index (χ3v) is 2.87. The molecule has 0 atom stereocenters. The lowest BCUT2D eigenvalue weighted by atomic mass is 9.95. The van der Waals surface area contributed by atoms with E-state index in [0.29, 0.717) is 5.56 Å². The highest BCUT2D eigenvalue weighted by atomic mass is 16.6. The summed E-state index contributed by atoms with van der Waals surface area (Å²) >= 11 is 0. The van der Waals surface area contributed by atoms with E-state index < -0.39 is 16.5 Å². The molecular weight excluding hydrogens is 258 g/mol. The SMILES string of the molecule is CC(=O)c1c(C(=O)c2ccccc2)cccc1[N+](=O)[O-]. The quantitative estimate of drug-likeness (QED) is 0.485. The Hall–Kier alpha value is -2.82. The zero-order valence-corrected chi connectivity index (χ0v) is 10.7. The Bertz CT molecular complexity index is 692. The van der Waals surface area contributed by atoms with E-state index in [0.717, 1.165) is 0 Å². The van der Waals surface area contributed by atoms with Gasteiger partial charge in [-0.1, -0.05) is 36.4 Å². The van der Waals surface area contributed by atoms with Gasteiger partial charge in [-0.05, 0) is 13.0 Å². The van der Waals surface area contributed by atoms with Gasteiger partial charge >= 0.3 is 0 Å². The van der Waals surface area contributed by atoms with Gasteiger partial charge < -0.3 is 0 Å². The Kier molecular flexibility index (Phi) is 3.70. The fraction of sp³-hybridized carbons (Fsp3) is 0.0667. The van der Waals surface area contributed by atoms with Crippen molar-refractivity contribution in [2.45, 2.75) is 6.92 Å². The largest absolute Gasteiger partial charge is 0.294 e. The number of Topliss-reactive ketones (excluding diaryl/α,β-unsaturated/α-hetero) is 1. The number of ketones is 2. The zero-order valence-electron chi connectivity index (χ0n) is 10.7. The second-order valence-corrected chi connectivity index (χ2v) is 4.21. The van der Waals surface area contributed by atoms with Crippen LogP contribution in [0.15, 0.2) is 48.5 Å². The molecule has 0 aliphatic rings. The van der Waals surface area contributed by atoms with E-state index in [4.69, 9.17) is 0 Å². The van der Waals surface area contributed by atoms with Gasteiger partial charge in [0.25, 0.3) is 5.69 Å². The molecule has 0 saturated heterocycles. The third-order valence-electron chi connectivity index (χ3n) is 2.87. The van der Waals surface area contributed by atoms with Crippen molar-refractivity contribution in [3.8, 4) is 0 Å². The maximum absolute atomic E-state index is 12.4. The Morgan fingerprint density at radius 1 is 1.00 bits per heavy atom. The van der Waals surface area contributed by atoms with Crippen molar-refractivity contribution in [3.05, 3.63) is 75.3 Å². The topological polar surface area (TPSA) is 77.3 Å². The molecule has 20 heavy (non-hydrogen) atoms. The average molecular weight is 269 g/mol. The molecule has 0 spiro atoms. The number of hydrogen-bond donors (Lipinski definition) is 0. The Morgan fingerprint density at radius 2 is 1.65 bits per heavy atom. The highest BCUT2D eigenvalue weighted by molar-refractivity contribution is 6.16. The average Bonchev–Trinajstić information content (AvgIpc) is 2.46. The van der Waals surface area contributed by atoms with E-state index in [2.05, 4.69) is 0 Å². The highest BCUT2D eigenvalue weighted by Crippen LogP contribution is 2.25. The van der Waals surface area contributed by atoms with Crippen LogP contribution in [0, 0.1) is 10.1 Å². The van der Waals surface area contributed by atoms with Crippen molar-refractivity contribution in [3.63, 3.8) is 0 Å². The minimum Gasteiger partial charge on any atom is -0.294 e. The summed E-state index contributed by atoms with van der Waals surface area (Å²) in [4.78, 5) is 34.4. The van der Waals surface area contributed by atoms with Gasteiger partial charge in [-0.2, -0.15) is 0 Å². The van der Waals surface area contributed by atoms with Crippen LogP contribution in [0.4, 0.5) is 5.69 Å². The van der Waals surface area contributed by atoms with Crippen LogP contribution >= 0.6 is 0 Å². The molecule has 2 rings (SSSR count). The van der Waals surface area contributed by atoms with Crippen LogP contribution in [0.5, 0.6) is 0 Å². The molecule has 0 radical (unpaired) electrons. The molecule has 2 aromatic carbocycles. The Morgan fingerprint density at radius 3 is 2.20 bits per heavy atom. The number of nitro groups is 1. The van der Waals surface area contributed by atoms with Gasteiger partial charge in [-0.3, -0.25) is 19.7 Å². The number of nitro benzene ring substituents is 1. The number of nitrogens with zero attached hydrogens (tertiary/aromatic N) is 1. The van der Waals surface area contributed by atoms with Crippen molar-refractivity contribution in [1.82, 2.24) is 0 Å². The molecule has 0 saturated carbocycles. The molecule has 2 aromatic rings. The number of benzene rings is 2. The molecule has 0 N–H and O–H groups in total. The zero-order chi connectivity index (χ0) is 14.7. The molecule has 0 aromatic heterocycles. The number of carbonyl (C=O) groups excluding carboxylic acids is 2. The molecule has 0 heterocycles. The maximum Gasteiger partial charge on any atom is 0.280 e. The molecule has 0 fully saturated rings. The van der Waals surface area contributed by atoms with Crippen LogP contribution in [0.2, 0.25) is 0 Å². The van der Waals surface area contributed by atoms with Crippen LogP contribution in [-0.2, 0) is 0 Å². The Labute approximate surface area is 115 Å². The summed E-state index contributed by atoms with van der Waals surface area (Å²) in [6.07, 6.45) is 0. The number of rotatable bonds is 4. The lowest BCUT2D eigenvalue weighted by Gasteiger charge is -2.06. The first kappa shape index (κ1) is 13.6. The minimum absolute atomic E-state index is 0.0536. The predicted octanol–water partition coefficient (Wildman–Crippen LogP) is 3.03. The second-order valence-electron chi connectivity index (χ2n) is 4.21. The van der Waals surface area contributed by atoms with Gasteiger partial charge in [0.2, 0.25) is 0 Å². The van der Waals surface area contributed by atoms with Gasteiger partial charge in [0.1, 0.15) is 5.56 Å². The number of hydrogen-bond acceptors (Lipinski definition) is 4. The van der Waals surface area contributed by atoms with E-state index in [-0.39, 0.29) is 16.8 Å². The molecule has 5 heteroatoms. The van der Waals surface area contributed by atoms with Crippen LogP contribution in [-0.4, -0.2) is 16.5 Å². The van der Waals surface area contributed by atoms with Gasteiger partial charge in [0.15, 0.2) is 11.6 Å². The van der Waals surface area contributed by atoms with Crippen molar-refractivity contribution in [2.75, 3.05) is 0 Å². The van der Waals surface area contributed by atoms with Crippen molar-refractivity contribution in [2.24, 2.45) is 0 Å². The molecule has 0 amide bonds. The molecule has 100 valence electrons. The smallest absolute Gasteiger partial charge is 0.280 e. The normalized spacial score (nSPS) is 10.1. The fourth-order valence-electron chi connectivity index (χ4n) is 2.00. The number of carbonyl (C=O) groups is 2. The van der Waals surface area contributed by atoms with Gasteiger partial charge in [-0.25, -0.2) is 0 Å². The highest BCUT2D eigenvalue weighted by Gasteiger charge is 2.25. The molecule has 0 aliphatic carbocycles. The maximum atomic E-state index is 12.4. The van der Waals surface area contributed by atoms with Crippen LogP contribution in [0.25, 0.3) is 0 Å². The summed E-state index contributed by atoms with van der Waals surface area (Å²) in [5.74, 6) is -0.906. The lowest BCUT2D eigenvalue weighted by molar-refractivity contribution is -0.385. The van der Waals surface area contributed by atoms with Crippen LogP contribution in [0.3, 0.4) is 0 Å². The minimum atomic E-state index is -0.654. The van der Waals surface area contributed by atoms with Crippen LogP contribution in [0.1, 0.15) is 33.2 Å². The molecule has 0 unspecified atom stereocenters. The fourth-order valence-corrected chi connectivity index (χ4v) is 2.00. The van der Waals surface area contributed by atoms with Crippen molar-refractivity contribution in [1.29, 1.82) is 0 Å². The molecule has 5 nitrogen and oxygen atoms in total. The van der Waals surface area contributed by atoms with E-state index >= 15 is 0 Å². The first-order valence-electron chi connectivity index (χ1n) is 5.90. The third kappa shape index (κ3) is 2.47. The summed E-state index contributed by atoms with van der Waals surface area (Å²) in [5.41, 5.74) is -0.0565. The van der Waals surface area contributed by atoms with Gasteiger partial charge in [0, 0.05) is 17.2 Å². The monoisotopic (exact) mass is 269 g/mol. The first-order valence-corrected chi connectivity index (χ1v) is 5.90.